The van der Waals surface area contributed by atoms with Crippen molar-refractivity contribution in [2.24, 2.45) is 5.92 Å². The highest BCUT2D eigenvalue weighted by Crippen LogP contribution is 2.23. The second-order valence-electron chi connectivity index (χ2n) is 4.71. The number of anilines is 1. The van der Waals surface area contributed by atoms with Crippen LogP contribution in [-0.2, 0) is 11.3 Å². The molecule has 0 saturated heterocycles. The third kappa shape index (κ3) is 5.33. The van der Waals surface area contributed by atoms with Crippen molar-refractivity contribution in [2.45, 2.75) is 27.3 Å². The van der Waals surface area contributed by atoms with Gasteiger partial charge in [0.2, 0.25) is 0 Å². The maximum atomic E-state index is 5.00. The Bertz CT molecular complexity index is 328. The van der Waals surface area contributed by atoms with E-state index in [1.165, 1.54) is 4.88 Å². The summed E-state index contributed by atoms with van der Waals surface area (Å²) >= 11 is 1.78. The predicted molar refractivity (Wildman–Crippen MR) is 78.4 cm³/mol. The van der Waals surface area contributed by atoms with Crippen LogP contribution in [0, 0.1) is 5.92 Å². The highest BCUT2D eigenvalue weighted by Gasteiger charge is 2.10. The van der Waals surface area contributed by atoms with Crippen LogP contribution in [0.3, 0.4) is 0 Å². The van der Waals surface area contributed by atoms with Crippen molar-refractivity contribution in [3.05, 3.63) is 11.1 Å². The van der Waals surface area contributed by atoms with Gasteiger partial charge in [0.25, 0.3) is 0 Å². The lowest BCUT2D eigenvalue weighted by Crippen LogP contribution is -2.26. The summed E-state index contributed by atoms with van der Waals surface area (Å²) in [5.41, 5.74) is 0. The summed E-state index contributed by atoms with van der Waals surface area (Å²) in [4.78, 5) is 8.13. The average molecular weight is 271 g/mol. The van der Waals surface area contributed by atoms with Crippen molar-refractivity contribution in [2.75, 3.05) is 38.3 Å². The van der Waals surface area contributed by atoms with Crippen molar-refractivity contribution in [3.63, 3.8) is 0 Å². The number of nitrogens with zero attached hydrogens (tertiary/aromatic N) is 2. The molecule has 0 fully saturated rings. The van der Waals surface area contributed by atoms with Gasteiger partial charge in [-0.25, -0.2) is 4.98 Å². The van der Waals surface area contributed by atoms with Crippen LogP contribution in [0.1, 0.15) is 25.6 Å². The van der Waals surface area contributed by atoms with E-state index in [1.807, 2.05) is 6.20 Å². The van der Waals surface area contributed by atoms with Gasteiger partial charge in [0.1, 0.15) is 0 Å². The summed E-state index contributed by atoms with van der Waals surface area (Å²) in [6, 6.07) is 0. The van der Waals surface area contributed by atoms with Crippen molar-refractivity contribution in [3.8, 4) is 0 Å². The second kappa shape index (κ2) is 8.45. The summed E-state index contributed by atoms with van der Waals surface area (Å²) in [6.07, 6.45) is 1.97. The molecule has 0 radical (unpaired) electrons. The highest BCUT2D eigenvalue weighted by atomic mass is 32.1. The zero-order valence-electron chi connectivity index (χ0n) is 11.9. The summed E-state index contributed by atoms with van der Waals surface area (Å²) in [5, 5.41) is 4.47. The first-order valence-electron chi connectivity index (χ1n) is 6.56. The summed E-state index contributed by atoms with van der Waals surface area (Å²) in [7, 11) is 1.72. The van der Waals surface area contributed by atoms with Gasteiger partial charge < -0.3 is 15.0 Å². The number of thiazole rings is 1. The minimum absolute atomic E-state index is 0.664. The standard InChI is InChI=1S/C13H25N3OS/c1-5-16(10-11(2)3)13-15-9-12(18-13)8-14-6-7-17-4/h9,11,14H,5-8,10H2,1-4H3. The molecule has 5 heteroatoms. The third-order valence-electron chi connectivity index (χ3n) is 2.56. The lowest BCUT2D eigenvalue weighted by atomic mass is 10.2. The van der Waals surface area contributed by atoms with E-state index in [4.69, 9.17) is 4.74 Å². The van der Waals surface area contributed by atoms with E-state index in [1.54, 1.807) is 18.4 Å². The van der Waals surface area contributed by atoms with E-state index < -0.39 is 0 Å². The van der Waals surface area contributed by atoms with Gasteiger partial charge in [0.05, 0.1) is 6.61 Å². The SMILES string of the molecule is CCN(CC(C)C)c1ncc(CNCCOC)s1. The Morgan fingerprint density at radius 3 is 2.89 bits per heavy atom. The fraction of sp³-hybridized carbons (Fsp3) is 0.769. The summed E-state index contributed by atoms with van der Waals surface area (Å²) in [6.45, 7) is 11.3. The minimum atomic E-state index is 0.664. The van der Waals surface area contributed by atoms with Gasteiger partial charge >= 0.3 is 0 Å². The number of hydrogen-bond acceptors (Lipinski definition) is 5. The Labute approximate surface area is 114 Å². The molecule has 1 aromatic heterocycles. The number of rotatable bonds is 9. The monoisotopic (exact) mass is 271 g/mol. The molecule has 0 aromatic carbocycles. The van der Waals surface area contributed by atoms with Crippen LogP contribution in [0.2, 0.25) is 0 Å². The van der Waals surface area contributed by atoms with E-state index in [0.717, 1.165) is 37.9 Å². The Balaban J connectivity index is 2.45. The molecule has 4 nitrogen and oxygen atoms in total. The number of aromatic nitrogens is 1. The zero-order chi connectivity index (χ0) is 13.4. The van der Waals surface area contributed by atoms with Gasteiger partial charge in [0.15, 0.2) is 5.13 Å². The van der Waals surface area contributed by atoms with Crippen LogP contribution < -0.4 is 10.2 Å². The first kappa shape index (κ1) is 15.4. The maximum Gasteiger partial charge on any atom is 0.185 e. The second-order valence-corrected chi connectivity index (χ2v) is 5.80. The van der Waals surface area contributed by atoms with Crippen molar-refractivity contribution in [1.29, 1.82) is 0 Å². The Hall–Kier alpha value is -0.650. The molecule has 0 amide bonds. The molecule has 0 atom stereocenters. The number of hydrogen-bond donors (Lipinski definition) is 1. The van der Waals surface area contributed by atoms with Crippen molar-refractivity contribution >= 4 is 16.5 Å². The summed E-state index contributed by atoms with van der Waals surface area (Å²) in [5.74, 6) is 0.664. The molecule has 0 aliphatic carbocycles. The molecule has 0 spiro atoms. The molecule has 0 unspecified atom stereocenters. The lowest BCUT2D eigenvalue weighted by Gasteiger charge is -2.21. The van der Waals surface area contributed by atoms with Gasteiger partial charge in [-0.1, -0.05) is 13.8 Å². The lowest BCUT2D eigenvalue weighted by molar-refractivity contribution is 0.199. The molecule has 1 rings (SSSR count). The molecule has 1 N–H and O–H groups in total. The van der Waals surface area contributed by atoms with Crippen LogP contribution >= 0.6 is 11.3 Å². The molecule has 0 saturated carbocycles. The van der Waals surface area contributed by atoms with Crippen LogP contribution in [0.5, 0.6) is 0 Å². The van der Waals surface area contributed by atoms with Gasteiger partial charge in [-0.3, -0.25) is 0 Å². The molecule has 1 heterocycles. The molecular formula is C13H25N3OS. The maximum absolute atomic E-state index is 5.00. The van der Waals surface area contributed by atoms with Crippen molar-refractivity contribution < 1.29 is 4.74 Å². The molecule has 0 bridgehead atoms. The predicted octanol–water partition coefficient (Wildman–Crippen LogP) is 2.36. The smallest absolute Gasteiger partial charge is 0.185 e. The number of ether oxygens (including phenoxy) is 1. The molecule has 0 aliphatic heterocycles. The Kier molecular flexibility index (Phi) is 7.23. The quantitative estimate of drug-likeness (QED) is 0.700. The average Bonchev–Trinajstić information content (AvgIpc) is 2.80. The van der Waals surface area contributed by atoms with E-state index in [0.29, 0.717) is 5.92 Å². The Morgan fingerprint density at radius 1 is 1.50 bits per heavy atom. The molecule has 1 aromatic rings. The molecule has 0 aliphatic rings. The zero-order valence-corrected chi connectivity index (χ0v) is 12.7. The third-order valence-corrected chi connectivity index (χ3v) is 3.62. The number of nitrogens with one attached hydrogen (secondary N) is 1. The van der Waals surface area contributed by atoms with Gasteiger partial charge in [-0.15, -0.1) is 11.3 Å². The van der Waals surface area contributed by atoms with E-state index in [2.05, 4.69) is 36.0 Å². The molecule has 104 valence electrons. The van der Waals surface area contributed by atoms with E-state index in [9.17, 15) is 0 Å². The van der Waals surface area contributed by atoms with E-state index in [-0.39, 0.29) is 0 Å². The minimum Gasteiger partial charge on any atom is -0.383 e. The summed E-state index contributed by atoms with van der Waals surface area (Å²) < 4.78 is 5.00. The first-order chi connectivity index (χ1) is 8.67. The topological polar surface area (TPSA) is 37.4 Å². The molecule has 18 heavy (non-hydrogen) atoms. The fourth-order valence-electron chi connectivity index (χ4n) is 1.69. The van der Waals surface area contributed by atoms with Crippen molar-refractivity contribution in [1.82, 2.24) is 10.3 Å². The van der Waals surface area contributed by atoms with Crippen LogP contribution in [0.4, 0.5) is 5.13 Å². The van der Waals surface area contributed by atoms with Gasteiger partial charge in [-0.2, -0.15) is 0 Å². The first-order valence-corrected chi connectivity index (χ1v) is 7.38. The largest absolute Gasteiger partial charge is 0.383 e. The fourth-order valence-corrected chi connectivity index (χ4v) is 2.65. The van der Waals surface area contributed by atoms with Gasteiger partial charge in [0, 0.05) is 44.4 Å². The van der Waals surface area contributed by atoms with Crippen LogP contribution in [-0.4, -0.2) is 38.3 Å². The van der Waals surface area contributed by atoms with E-state index >= 15 is 0 Å². The number of methoxy groups -OCH3 is 1. The highest BCUT2D eigenvalue weighted by molar-refractivity contribution is 7.15. The van der Waals surface area contributed by atoms with Crippen LogP contribution in [0.15, 0.2) is 6.20 Å². The van der Waals surface area contributed by atoms with Crippen LogP contribution in [0.25, 0.3) is 0 Å². The molecular weight excluding hydrogens is 246 g/mol. The van der Waals surface area contributed by atoms with Gasteiger partial charge in [-0.05, 0) is 12.8 Å². The normalized spacial score (nSPS) is 11.2. The Morgan fingerprint density at radius 2 is 2.28 bits per heavy atom.